The molecule has 9 heteroatoms. The number of nitro benzene ring substituents is 1. The Morgan fingerprint density at radius 3 is 2.59 bits per heavy atom. The first kappa shape index (κ1) is 20.6. The van der Waals surface area contributed by atoms with Crippen molar-refractivity contribution in [1.82, 2.24) is 0 Å². The number of ether oxygens (including phenoxy) is 2. The maximum atomic E-state index is 12.7. The second-order valence-corrected chi connectivity index (χ2v) is 6.88. The molecule has 3 rings (SSSR count). The number of nitrogens with zero attached hydrogens (tertiary/aromatic N) is 1. The highest BCUT2D eigenvalue weighted by atomic mass is 35.5. The maximum Gasteiger partial charge on any atom is 0.324 e. The van der Waals surface area contributed by atoms with Crippen LogP contribution in [0.3, 0.4) is 0 Å². The molecular formula is C20H16ClNO7. The summed E-state index contributed by atoms with van der Waals surface area (Å²) in [6.07, 6.45) is -1.03. The van der Waals surface area contributed by atoms with Gasteiger partial charge < -0.3 is 9.47 Å². The summed E-state index contributed by atoms with van der Waals surface area (Å²) in [4.78, 5) is 47.8. The van der Waals surface area contributed by atoms with Gasteiger partial charge in [0.1, 0.15) is 6.10 Å². The van der Waals surface area contributed by atoms with Gasteiger partial charge in [-0.2, -0.15) is 0 Å². The average molecular weight is 418 g/mol. The predicted molar refractivity (Wildman–Crippen MR) is 102 cm³/mol. The molecule has 1 aliphatic rings. The van der Waals surface area contributed by atoms with Crippen LogP contribution < -0.4 is 0 Å². The van der Waals surface area contributed by atoms with Crippen LogP contribution in [0.15, 0.2) is 48.5 Å². The lowest BCUT2D eigenvalue weighted by atomic mass is 9.88. The minimum absolute atomic E-state index is 0.00558. The van der Waals surface area contributed by atoms with Crippen molar-refractivity contribution in [3.63, 3.8) is 0 Å². The Hall–Kier alpha value is -3.10. The van der Waals surface area contributed by atoms with Crippen LogP contribution in [0, 0.1) is 16.0 Å². The molecular weight excluding hydrogens is 402 g/mol. The molecule has 1 saturated heterocycles. The van der Waals surface area contributed by atoms with Crippen molar-refractivity contribution in [2.45, 2.75) is 19.1 Å². The van der Waals surface area contributed by atoms with Crippen LogP contribution in [-0.4, -0.2) is 35.2 Å². The summed E-state index contributed by atoms with van der Waals surface area (Å²) in [5.74, 6) is -4.42. The molecule has 0 radical (unpaired) electrons. The number of rotatable bonds is 7. The van der Waals surface area contributed by atoms with E-state index in [1.807, 2.05) is 30.3 Å². The Balaban J connectivity index is 1.66. The Morgan fingerprint density at radius 2 is 1.93 bits per heavy atom. The summed E-state index contributed by atoms with van der Waals surface area (Å²) in [5.41, 5.74) is -0.0195. The fourth-order valence-corrected chi connectivity index (χ4v) is 3.16. The summed E-state index contributed by atoms with van der Waals surface area (Å²) in [6.45, 7) is 0.275. The van der Waals surface area contributed by atoms with Gasteiger partial charge >= 0.3 is 5.97 Å². The number of hydrogen-bond acceptors (Lipinski definition) is 7. The van der Waals surface area contributed by atoms with Gasteiger partial charge in [0.15, 0.2) is 17.5 Å². The summed E-state index contributed by atoms with van der Waals surface area (Å²) in [5, 5.41) is 11.2. The number of Topliss-reactive ketones (excluding diaryl/α,β-unsaturated/α-hetero) is 2. The van der Waals surface area contributed by atoms with Crippen molar-refractivity contribution >= 4 is 34.8 Å². The molecule has 0 aliphatic carbocycles. The zero-order valence-electron chi connectivity index (χ0n) is 15.1. The molecule has 0 amide bonds. The third kappa shape index (κ3) is 4.85. The van der Waals surface area contributed by atoms with Crippen molar-refractivity contribution in [2.24, 2.45) is 5.92 Å². The standard InChI is InChI=1S/C20H16ClNO7/c21-13-6-7-15(16(8-13)22(26)27)19(24)18-17(23)9-14(29-20(18)25)11-28-10-12-4-2-1-3-5-12/h1-8,14,18H,9-11H2. The summed E-state index contributed by atoms with van der Waals surface area (Å²) >= 11 is 5.73. The number of nitro groups is 1. The molecule has 0 saturated carbocycles. The second kappa shape index (κ2) is 8.93. The van der Waals surface area contributed by atoms with Crippen LogP contribution >= 0.6 is 11.6 Å². The van der Waals surface area contributed by atoms with Gasteiger partial charge in [0, 0.05) is 17.5 Å². The Kier molecular flexibility index (Phi) is 6.36. The second-order valence-electron chi connectivity index (χ2n) is 6.45. The lowest BCUT2D eigenvalue weighted by Gasteiger charge is -2.26. The first-order chi connectivity index (χ1) is 13.9. The van der Waals surface area contributed by atoms with Crippen LogP contribution in [-0.2, 0) is 25.7 Å². The fourth-order valence-electron chi connectivity index (χ4n) is 3.00. The molecule has 2 aromatic rings. The summed E-state index contributed by atoms with van der Waals surface area (Å²) in [6, 6.07) is 12.7. The van der Waals surface area contributed by atoms with Gasteiger partial charge in [-0.1, -0.05) is 41.9 Å². The molecule has 1 heterocycles. The van der Waals surface area contributed by atoms with Gasteiger partial charge in [0.05, 0.1) is 23.7 Å². The number of benzene rings is 2. The molecule has 2 atom stereocenters. The van der Waals surface area contributed by atoms with Gasteiger partial charge in [0.25, 0.3) is 5.69 Å². The zero-order valence-corrected chi connectivity index (χ0v) is 15.8. The van der Waals surface area contributed by atoms with Crippen LogP contribution in [0.1, 0.15) is 22.3 Å². The van der Waals surface area contributed by atoms with E-state index in [0.29, 0.717) is 0 Å². The minimum Gasteiger partial charge on any atom is -0.459 e. The highest BCUT2D eigenvalue weighted by Crippen LogP contribution is 2.28. The maximum absolute atomic E-state index is 12.7. The molecule has 150 valence electrons. The molecule has 0 N–H and O–H groups in total. The van der Waals surface area contributed by atoms with Gasteiger partial charge in [-0.15, -0.1) is 0 Å². The number of hydrogen-bond donors (Lipinski definition) is 0. The molecule has 0 aromatic heterocycles. The summed E-state index contributed by atoms with van der Waals surface area (Å²) in [7, 11) is 0. The van der Waals surface area contributed by atoms with Crippen molar-refractivity contribution < 1.29 is 28.8 Å². The van der Waals surface area contributed by atoms with Gasteiger partial charge in [0.2, 0.25) is 0 Å². The van der Waals surface area contributed by atoms with Gasteiger partial charge in [-0.25, -0.2) is 0 Å². The van der Waals surface area contributed by atoms with Gasteiger partial charge in [-0.3, -0.25) is 24.5 Å². The van der Waals surface area contributed by atoms with Gasteiger partial charge in [-0.05, 0) is 17.7 Å². The van der Waals surface area contributed by atoms with Crippen LogP contribution in [0.4, 0.5) is 5.69 Å². The number of cyclic esters (lactones) is 1. The normalized spacial score (nSPS) is 18.9. The highest BCUT2D eigenvalue weighted by Gasteiger charge is 2.44. The first-order valence-corrected chi connectivity index (χ1v) is 9.07. The van der Waals surface area contributed by atoms with E-state index in [-0.39, 0.29) is 30.2 Å². The average Bonchev–Trinajstić information content (AvgIpc) is 2.68. The van der Waals surface area contributed by atoms with Crippen molar-refractivity contribution in [2.75, 3.05) is 6.61 Å². The van der Waals surface area contributed by atoms with E-state index >= 15 is 0 Å². The van der Waals surface area contributed by atoms with Crippen LogP contribution in [0.5, 0.6) is 0 Å². The van der Waals surface area contributed by atoms with E-state index in [1.165, 1.54) is 6.07 Å². The summed E-state index contributed by atoms with van der Waals surface area (Å²) < 4.78 is 10.7. The molecule has 29 heavy (non-hydrogen) atoms. The number of carbonyl (C=O) groups excluding carboxylic acids is 3. The molecule has 2 unspecified atom stereocenters. The Morgan fingerprint density at radius 1 is 1.21 bits per heavy atom. The van der Waals surface area contributed by atoms with Crippen LogP contribution in [0.25, 0.3) is 0 Å². The van der Waals surface area contributed by atoms with Crippen molar-refractivity contribution in [3.05, 3.63) is 74.8 Å². The highest BCUT2D eigenvalue weighted by molar-refractivity contribution is 6.31. The molecule has 1 aliphatic heterocycles. The van der Waals surface area contributed by atoms with E-state index in [9.17, 15) is 24.5 Å². The Bertz CT molecular complexity index is 943. The number of halogens is 1. The van der Waals surface area contributed by atoms with Crippen molar-refractivity contribution in [1.29, 1.82) is 0 Å². The van der Waals surface area contributed by atoms with E-state index in [1.54, 1.807) is 0 Å². The SMILES string of the molecule is O=C1CC(COCc2ccccc2)OC(=O)C1C(=O)c1ccc(Cl)cc1[N+](=O)[O-]. The number of carbonyl (C=O) groups is 3. The lowest BCUT2D eigenvalue weighted by molar-refractivity contribution is -0.385. The zero-order chi connectivity index (χ0) is 21.0. The quantitative estimate of drug-likeness (QED) is 0.223. The first-order valence-electron chi connectivity index (χ1n) is 8.70. The fraction of sp³-hybridized carbons (Fsp3) is 0.250. The largest absolute Gasteiger partial charge is 0.459 e. The minimum atomic E-state index is -1.74. The van der Waals surface area contributed by atoms with E-state index in [4.69, 9.17) is 21.1 Å². The Labute approximate surface area is 170 Å². The lowest BCUT2D eigenvalue weighted by Crippen LogP contribution is -2.44. The van der Waals surface area contributed by atoms with E-state index < -0.39 is 40.2 Å². The molecule has 2 aromatic carbocycles. The molecule has 0 spiro atoms. The molecule has 8 nitrogen and oxygen atoms in total. The monoisotopic (exact) mass is 417 g/mol. The van der Waals surface area contributed by atoms with Crippen molar-refractivity contribution in [3.8, 4) is 0 Å². The third-order valence-corrected chi connectivity index (χ3v) is 4.60. The van der Waals surface area contributed by atoms with E-state index in [0.717, 1.165) is 17.7 Å². The predicted octanol–water partition coefficient (Wildman–Crippen LogP) is 3.15. The van der Waals surface area contributed by atoms with E-state index in [2.05, 4.69) is 0 Å². The number of ketones is 2. The molecule has 1 fully saturated rings. The van der Waals surface area contributed by atoms with Crippen LogP contribution in [0.2, 0.25) is 5.02 Å². The smallest absolute Gasteiger partial charge is 0.324 e. The molecule has 0 bridgehead atoms. The topological polar surface area (TPSA) is 113 Å². The number of esters is 1. The third-order valence-electron chi connectivity index (χ3n) is 4.37.